The zero-order chi connectivity index (χ0) is 11.4. The molecule has 0 heterocycles. The molecule has 0 amide bonds. The third-order valence-corrected chi connectivity index (χ3v) is 2.72. The molecule has 1 unspecified atom stereocenters. The van der Waals surface area contributed by atoms with Crippen LogP contribution in [0.5, 0.6) is 5.75 Å². The van der Waals surface area contributed by atoms with Crippen molar-refractivity contribution in [2.24, 2.45) is 0 Å². The molecule has 0 aliphatic rings. The summed E-state index contributed by atoms with van der Waals surface area (Å²) in [6, 6.07) is 3.42. The standard InChI is InChI=1S/C12H16O3/c1-3-8(2)9-4-10(6-13)12(15)11(5-9)7-14/h4-6,8,14-15H,3,7H2,1-2H3. The lowest BCUT2D eigenvalue weighted by Crippen LogP contribution is -1.97. The van der Waals surface area contributed by atoms with Crippen molar-refractivity contribution in [1.82, 2.24) is 0 Å². The van der Waals surface area contributed by atoms with Gasteiger partial charge < -0.3 is 10.2 Å². The molecular weight excluding hydrogens is 192 g/mol. The van der Waals surface area contributed by atoms with Gasteiger partial charge in [-0.2, -0.15) is 0 Å². The number of benzene rings is 1. The lowest BCUT2D eigenvalue weighted by atomic mass is 9.94. The minimum absolute atomic E-state index is 0.112. The molecule has 0 aliphatic heterocycles. The highest BCUT2D eigenvalue weighted by molar-refractivity contribution is 5.80. The van der Waals surface area contributed by atoms with Gasteiger partial charge in [0.25, 0.3) is 0 Å². The van der Waals surface area contributed by atoms with Crippen LogP contribution in [0.15, 0.2) is 12.1 Å². The SMILES string of the molecule is CCC(C)c1cc(C=O)c(O)c(CO)c1. The van der Waals surface area contributed by atoms with E-state index in [0.717, 1.165) is 12.0 Å². The Bertz CT molecular complexity index is 358. The van der Waals surface area contributed by atoms with Crippen LogP contribution >= 0.6 is 0 Å². The minimum atomic E-state index is -0.253. The van der Waals surface area contributed by atoms with Crippen molar-refractivity contribution in [1.29, 1.82) is 0 Å². The van der Waals surface area contributed by atoms with Gasteiger partial charge in [-0.25, -0.2) is 0 Å². The second kappa shape index (κ2) is 4.94. The largest absolute Gasteiger partial charge is 0.507 e. The van der Waals surface area contributed by atoms with Gasteiger partial charge in [0, 0.05) is 5.56 Å². The number of hydrogen-bond donors (Lipinski definition) is 2. The average molecular weight is 208 g/mol. The summed E-state index contributed by atoms with van der Waals surface area (Å²) in [5.74, 6) is 0.203. The highest BCUT2D eigenvalue weighted by Crippen LogP contribution is 2.28. The van der Waals surface area contributed by atoms with E-state index < -0.39 is 0 Å². The van der Waals surface area contributed by atoms with E-state index in [0.29, 0.717) is 17.8 Å². The number of aliphatic hydroxyl groups is 1. The monoisotopic (exact) mass is 208 g/mol. The third-order valence-electron chi connectivity index (χ3n) is 2.72. The Morgan fingerprint density at radius 1 is 1.47 bits per heavy atom. The Kier molecular flexibility index (Phi) is 3.86. The molecule has 2 N–H and O–H groups in total. The second-order valence-electron chi connectivity index (χ2n) is 3.70. The first-order chi connectivity index (χ1) is 7.13. The Labute approximate surface area is 89.4 Å². The molecule has 0 aromatic heterocycles. The van der Waals surface area contributed by atoms with Crippen LogP contribution in [0.2, 0.25) is 0 Å². The van der Waals surface area contributed by atoms with E-state index in [4.69, 9.17) is 5.11 Å². The van der Waals surface area contributed by atoms with Crippen molar-refractivity contribution in [3.05, 3.63) is 28.8 Å². The van der Waals surface area contributed by atoms with E-state index >= 15 is 0 Å². The molecule has 3 heteroatoms. The quantitative estimate of drug-likeness (QED) is 0.746. The summed E-state index contributed by atoms with van der Waals surface area (Å²) in [7, 11) is 0. The van der Waals surface area contributed by atoms with Crippen LogP contribution in [0.3, 0.4) is 0 Å². The molecule has 0 fully saturated rings. The number of rotatable bonds is 4. The van der Waals surface area contributed by atoms with Gasteiger partial charge in [-0.1, -0.05) is 13.8 Å². The normalized spacial score (nSPS) is 12.5. The summed E-state index contributed by atoms with van der Waals surface area (Å²) >= 11 is 0. The number of phenols is 1. The van der Waals surface area contributed by atoms with Gasteiger partial charge in [0.15, 0.2) is 6.29 Å². The molecule has 3 nitrogen and oxygen atoms in total. The smallest absolute Gasteiger partial charge is 0.153 e. The van der Waals surface area contributed by atoms with E-state index in [1.165, 1.54) is 0 Å². The molecule has 1 aromatic carbocycles. The summed E-state index contributed by atoms with van der Waals surface area (Å²) in [6.45, 7) is 3.84. The summed E-state index contributed by atoms with van der Waals surface area (Å²) in [5, 5.41) is 18.6. The maximum absolute atomic E-state index is 10.7. The number of aldehydes is 1. The van der Waals surface area contributed by atoms with Crippen molar-refractivity contribution in [3.63, 3.8) is 0 Å². The van der Waals surface area contributed by atoms with Crippen LogP contribution in [-0.2, 0) is 6.61 Å². The molecule has 0 spiro atoms. The Morgan fingerprint density at radius 2 is 2.13 bits per heavy atom. The van der Waals surface area contributed by atoms with Crippen LogP contribution < -0.4 is 0 Å². The van der Waals surface area contributed by atoms with E-state index in [1.54, 1.807) is 12.1 Å². The lowest BCUT2D eigenvalue weighted by molar-refractivity contribution is 0.112. The van der Waals surface area contributed by atoms with Gasteiger partial charge in [-0.15, -0.1) is 0 Å². The number of carbonyl (C=O) groups is 1. The van der Waals surface area contributed by atoms with Gasteiger partial charge in [-0.3, -0.25) is 4.79 Å². The molecule has 1 aromatic rings. The summed E-state index contributed by atoms with van der Waals surface area (Å²) in [5.41, 5.74) is 1.63. The first kappa shape index (κ1) is 11.7. The first-order valence-corrected chi connectivity index (χ1v) is 5.05. The maximum atomic E-state index is 10.7. The van der Waals surface area contributed by atoms with Gasteiger partial charge >= 0.3 is 0 Å². The van der Waals surface area contributed by atoms with E-state index in [-0.39, 0.29) is 17.9 Å². The number of aliphatic hydroxyl groups excluding tert-OH is 1. The fourth-order valence-electron chi connectivity index (χ4n) is 1.48. The van der Waals surface area contributed by atoms with Crippen LogP contribution in [0.1, 0.15) is 47.7 Å². The Balaban J connectivity index is 3.26. The van der Waals surface area contributed by atoms with E-state index in [1.807, 2.05) is 6.92 Å². The fourth-order valence-corrected chi connectivity index (χ4v) is 1.48. The summed E-state index contributed by atoms with van der Waals surface area (Å²) in [4.78, 5) is 10.7. The zero-order valence-corrected chi connectivity index (χ0v) is 9.03. The molecule has 0 aliphatic carbocycles. The first-order valence-electron chi connectivity index (χ1n) is 5.05. The summed E-state index contributed by atoms with van der Waals surface area (Å²) < 4.78 is 0. The van der Waals surface area contributed by atoms with Crippen LogP contribution in [0.4, 0.5) is 0 Å². The molecular formula is C12H16O3. The van der Waals surface area contributed by atoms with Crippen LogP contribution in [0.25, 0.3) is 0 Å². The molecule has 1 atom stereocenters. The minimum Gasteiger partial charge on any atom is -0.507 e. The molecule has 1 rings (SSSR count). The van der Waals surface area contributed by atoms with Gasteiger partial charge in [-0.05, 0) is 30.0 Å². The second-order valence-corrected chi connectivity index (χ2v) is 3.70. The van der Waals surface area contributed by atoms with Crippen molar-refractivity contribution < 1.29 is 15.0 Å². The fraction of sp³-hybridized carbons (Fsp3) is 0.417. The van der Waals surface area contributed by atoms with Crippen LogP contribution in [-0.4, -0.2) is 16.5 Å². The molecule has 0 bridgehead atoms. The third kappa shape index (κ3) is 2.36. The molecule has 15 heavy (non-hydrogen) atoms. The van der Waals surface area contributed by atoms with Crippen LogP contribution in [0, 0.1) is 0 Å². The maximum Gasteiger partial charge on any atom is 0.153 e. The molecule has 0 saturated carbocycles. The van der Waals surface area contributed by atoms with Crippen molar-refractivity contribution in [3.8, 4) is 5.75 Å². The number of carbonyl (C=O) groups excluding carboxylic acids is 1. The number of hydrogen-bond acceptors (Lipinski definition) is 3. The van der Waals surface area contributed by atoms with Gasteiger partial charge in [0.2, 0.25) is 0 Å². The van der Waals surface area contributed by atoms with Gasteiger partial charge in [0.05, 0.1) is 12.2 Å². The lowest BCUT2D eigenvalue weighted by Gasteiger charge is -2.13. The average Bonchev–Trinajstić information content (AvgIpc) is 2.28. The van der Waals surface area contributed by atoms with E-state index in [9.17, 15) is 9.90 Å². The Hall–Kier alpha value is -1.35. The van der Waals surface area contributed by atoms with Crippen molar-refractivity contribution in [2.75, 3.05) is 0 Å². The topological polar surface area (TPSA) is 57.5 Å². The molecule has 82 valence electrons. The molecule has 0 saturated heterocycles. The van der Waals surface area contributed by atoms with Crippen molar-refractivity contribution >= 4 is 6.29 Å². The highest BCUT2D eigenvalue weighted by atomic mass is 16.3. The highest BCUT2D eigenvalue weighted by Gasteiger charge is 2.11. The zero-order valence-electron chi connectivity index (χ0n) is 9.03. The number of aromatic hydroxyl groups is 1. The Morgan fingerprint density at radius 3 is 2.60 bits per heavy atom. The molecule has 0 radical (unpaired) electrons. The van der Waals surface area contributed by atoms with Gasteiger partial charge in [0.1, 0.15) is 5.75 Å². The van der Waals surface area contributed by atoms with Crippen molar-refractivity contribution in [2.45, 2.75) is 32.8 Å². The predicted molar refractivity (Wildman–Crippen MR) is 58.1 cm³/mol. The summed E-state index contributed by atoms with van der Waals surface area (Å²) in [6.07, 6.45) is 1.56. The predicted octanol–water partition coefficient (Wildman–Crippen LogP) is 2.21. The van der Waals surface area contributed by atoms with E-state index in [2.05, 4.69) is 6.92 Å².